The van der Waals surface area contributed by atoms with Crippen molar-refractivity contribution in [1.82, 2.24) is 5.32 Å². The Hall–Kier alpha value is -1.02. The molecule has 0 radical (unpaired) electrons. The first-order valence-corrected chi connectivity index (χ1v) is 6.71. The molecule has 2 aliphatic rings. The average Bonchev–Trinajstić information content (AvgIpc) is 2.74. The van der Waals surface area contributed by atoms with E-state index < -0.39 is 0 Å². The fourth-order valence-corrected chi connectivity index (χ4v) is 2.76. The van der Waals surface area contributed by atoms with Crippen LogP contribution in [-0.2, 0) is 13.0 Å². The SMILES string of the molecule is CC1(C)CC1CNCc1ccc2c(c1)NCC2. The number of anilines is 1. The first kappa shape index (κ1) is 11.1. The molecule has 2 heteroatoms. The molecule has 1 unspecified atom stereocenters. The summed E-state index contributed by atoms with van der Waals surface area (Å²) in [5, 5.41) is 7.02. The Kier molecular flexibility index (Phi) is 2.62. The highest BCUT2D eigenvalue weighted by Crippen LogP contribution is 2.50. The van der Waals surface area contributed by atoms with Crippen molar-refractivity contribution in [2.45, 2.75) is 33.2 Å². The van der Waals surface area contributed by atoms with Crippen molar-refractivity contribution in [1.29, 1.82) is 0 Å². The quantitative estimate of drug-likeness (QED) is 0.831. The van der Waals surface area contributed by atoms with Crippen LogP contribution in [0.15, 0.2) is 18.2 Å². The second kappa shape index (κ2) is 4.02. The summed E-state index contributed by atoms with van der Waals surface area (Å²) < 4.78 is 0. The van der Waals surface area contributed by atoms with E-state index in [2.05, 4.69) is 42.7 Å². The van der Waals surface area contributed by atoms with E-state index in [1.807, 2.05) is 0 Å². The molecule has 1 heterocycles. The van der Waals surface area contributed by atoms with Crippen LogP contribution in [0.25, 0.3) is 0 Å². The number of hydrogen-bond donors (Lipinski definition) is 2. The molecular weight excluding hydrogens is 208 g/mol. The third kappa shape index (κ3) is 2.32. The van der Waals surface area contributed by atoms with Crippen LogP contribution in [0, 0.1) is 11.3 Å². The Balaban J connectivity index is 1.52. The van der Waals surface area contributed by atoms with Crippen LogP contribution in [0.3, 0.4) is 0 Å². The smallest absolute Gasteiger partial charge is 0.0376 e. The molecule has 0 amide bonds. The maximum absolute atomic E-state index is 3.58. The molecule has 1 aliphatic heterocycles. The number of hydrogen-bond acceptors (Lipinski definition) is 2. The minimum Gasteiger partial charge on any atom is -0.384 e. The van der Waals surface area contributed by atoms with Gasteiger partial charge in [-0.15, -0.1) is 0 Å². The Morgan fingerprint density at radius 2 is 2.24 bits per heavy atom. The molecule has 0 saturated heterocycles. The predicted octanol–water partition coefficient (Wildman–Crippen LogP) is 2.79. The molecule has 0 spiro atoms. The maximum atomic E-state index is 3.58. The topological polar surface area (TPSA) is 24.1 Å². The average molecular weight is 230 g/mol. The predicted molar refractivity (Wildman–Crippen MR) is 72.2 cm³/mol. The van der Waals surface area contributed by atoms with Crippen LogP contribution in [0.1, 0.15) is 31.4 Å². The summed E-state index contributed by atoms with van der Waals surface area (Å²) in [5.41, 5.74) is 4.80. The van der Waals surface area contributed by atoms with Gasteiger partial charge in [-0.25, -0.2) is 0 Å². The zero-order chi connectivity index (χ0) is 11.9. The van der Waals surface area contributed by atoms with Crippen molar-refractivity contribution >= 4 is 5.69 Å². The Morgan fingerprint density at radius 1 is 1.41 bits per heavy atom. The molecule has 3 rings (SSSR count). The van der Waals surface area contributed by atoms with E-state index in [-0.39, 0.29) is 0 Å². The molecular formula is C15H22N2. The molecule has 17 heavy (non-hydrogen) atoms. The third-order valence-electron chi connectivity index (χ3n) is 4.32. The van der Waals surface area contributed by atoms with E-state index in [0.717, 1.165) is 25.6 Å². The van der Waals surface area contributed by atoms with E-state index in [1.54, 1.807) is 0 Å². The van der Waals surface area contributed by atoms with Gasteiger partial charge in [0, 0.05) is 18.8 Å². The van der Waals surface area contributed by atoms with Crippen molar-refractivity contribution in [3.05, 3.63) is 29.3 Å². The van der Waals surface area contributed by atoms with E-state index in [1.165, 1.54) is 29.7 Å². The lowest BCUT2D eigenvalue weighted by Crippen LogP contribution is -2.18. The summed E-state index contributed by atoms with van der Waals surface area (Å²) in [7, 11) is 0. The minimum atomic E-state index is 0.590. The highest BCUT2D eigenvalue weighted by molar-refractivity contribution is 5.56. The second-order valence-electron chi connectivity index (χ2n) is 6.19. The molecule has 2 nitrogen and oxygen atoms in total. The highest BCUT2D eigenvalue weighted by atomic mass is 14.9. The normalized spacial score (nSPS) is 24.2. The van der Waals surface area contributed by atoms with Gasteiger partial charge in [0.2, 0.25) is 0 Å². The van der Waals surface area contributed by atoms with Gasteiger partial charge >= 0.3 is 0 Å². The lowest BCUT2D eigenvalue weighted by atomic mass is 10.1. The van der Waals surface area contributed by atoms with Crippen LogP contribution in [-0.4, -0.2) is 13.1 Å². The van der Waals surface area contributed by atoms with E-state index in [4.69, 9.17) is 0 Å². The minimum absolute atomic E-state index is 0.590. The van der Waals surface area contributed by atoms with Crippen LogP contribution in [0.5, 0.6) is 0 Å². The van der Waals surface area contributed by atoms with Crippen LogP contribution < -0.4 is 10.6 Å². The molecule has 1 aromatic carbocycles. The maximum Gasteiger partial charge on any atom is 0.0376 e. The molecule has 92 valence electrons. The summed E-state index contributed by atoms with van der Waals surface area (Å²) in [4.78, 5) is 0. The van der Waals surface area contributed by atoms with Crippen molar-refractivity contribution in [3.8, 4) is 0 Å². The van der Waals surface area contributed by atoms with Crippen molar-refractivity contribution in [2.24, 2.45) is 11.3 Å². The van der Waals surface area contributed by atoms with Gasteiger partial charge in [0.25, 0.3) is 0 Å². The van der Waals surface area contributed by atoms with Crippen molar-refractivity contribution in [3.63, 3.8) is 0 Å². The standard InChI is InChI=1S/C15H22N2/c1-15(2)8-13(15)10-16-9-11-3-4-12-5-6-17-14(12)7-11/h3-4,7,13,16-17H,5-6,8-10H2,1-2H3. The largest absolute Gasteiger partial charge is 0.384 e. The zero-order valence-electron chi connectivity index (χ0n) is 10.8. The number of benzene rings is 1. The lowest BCUT2D eigenvalue weighted by molar-refractivity contribution is 0.519. The van der Waals surface area contributed by atoms with Gasteiger partial charge in [0.15, 0.2) is 0 Å². The van der Waals surface area contributed by atoms with E-state index in [9.17, 15) is 0 Å². The molecule has 1 atom stereocenters. The molecule has 1 saturated carbocycles. The zero-order valence-corrected chi connectivity index (χ0v) is 10.8. The first-order chi connectivity index (χ1) is 8.15. The van der Waals surface area contributed by atoms with Crippen LogP contribution in [0.4, 0.5) is 5.69 Å². The Labute approximate surface area is 104 Å². The van der Waals surface area contributed by atoms with Gasteiger partial charge in [-0.3, -0.25) is 0 Å². The molecule has 0 aromatic heterocycles. The molecule has 1 fully saturated rings. The Morgan fingerprint density at radius 3 is 3.00 bits per heavy atom. The van der Waals surface area contributed by atoms with Gasteiger partial charge in [-0.2, -0.15) is 0 Å². The molecule has 1 aromatic rings. The number of rotatable bonds is 4. The summed E-state index contributed by atoms with van der Waals surface area (Å²) in [6, 6.07) is 6.83. The van der Waals surface area contributed by atoms with Crippen molar-refractivity contribution in [2.75, 3.05) is 18.4 Å². The van der Waals surface area contributed by atoms with Gasteiger partial charge in [-0.05, 0) is 47.9 Å². The Bertz CT molecular complexity index is 423. The summed E-state index contributed by atoms with van der Waals surface area (Å²) in [6.07, 6.45) is 2.56. The highest BCUT2D eigenvalue weighted by Gasteiger charge is 2.44. The second-order valence-corrected chi connectivity index (χ2v) is 6.19. The molecule has 1 aliphatic carbocycles. The third-order valence-corrected chi connectivity index (χ3v) is 4.32. The van der Waals surface area contributed by atoms with Gasteiger partial charge in [-0.1, -0.05) is 26.0 Å². The number of nitrogens with one attached hydrogen (secondary N) is 2. The summed E-state index contributed by atoms with van der Waals surface area (Å²) >= 11 is 0. The molecule has 0 bridgehead atoms. The van der Waals surface area contributed by atoms with Crippen LogP contribution >= 0.6 is 0 Å². The molecule has 2 N–H and O–H groups in total. The fourth-order valence-electron chi connectivity index (χ4n) is 2.76. The number of fused-ring (bicyclic) bond motifs is 1. The monoisotopic (exact) mass is 230 g/mol. The lowest BCUT2D eigenvalue weighted by Gasteiger charge is -2.08. The summed E-state index contributed by atoms with van der Waals surface area (Å²) in [6.45, 7) is 7.98. The van der Waals surface area contributed by atoms with Gasteiger partial charge in [0.1, 0.15) is 0 Å². The van der Waals surface area contributed by atoms with E-state index in [0.29, 0.717) is 5.41 Å². The van der Waals surface area contributed by atoms with Gasteiger partial charge in [0.05, 0.1) is 0 Å². The first-order valence-electron chi connectivity index (χ1n) is 6.71. The van der Waals surface area contributed by atoms with Gasteiger partial charge < -0.3 is 10.6 Å². The summed E-state index contributed by atoms with van der Waals surface area (Å²) in [5.74, 6) is 0.884. The van der Waals surface area contributed by atoms with Crippen molar-refractivity contribution < 1.29 is 0 Å². The van der Waals surface area contributed by atoms with E-state index >= 15 is 0 Å². The van der Waals surface area contributed by atoms with Crippen LogP contribution in [0.2, 0.25) is 0 Å². The fraction of sp³-hybridized carbons (Fsp3) is 0.600.